The number of amides is 2. The highest BCUT2D eigenvalue weighted by atomic mass is 19.4. The summed E-state index contributed by atoms with van der Waals surface area (Å²) in [7, 11) is 0. The van der Waals surface area contributed by atoms with Gasteiger partial charge in [0, 0.05) is 56.6 Å². The van der Waals surface area contributed by atoms with Gasteiger partial charge in [0.05, 0.1) is 11.0 Å². The van der Waals surface area contributed by atoms with Crippen LogP contribution in [0, 0.1) is 11.3 Å². The second kappa shape index (κ2) is 10.1. The molecule has 206 valence electrons. The molecule has 2 amide bonds. The normalized spacial score (nSPS) is 25.9. The van der Waals surface area contributed by atoms with Crippen LogP contribution in [0.25, 0.3) is 0 Å². The van der Waals surface area contributed by atoms with Crippen LogP contribution in [0.3, 0.4) is 0 Å². The van der Waals surface area contributed by atoms with Crippen LogP contribution in [0.1, 0.15) is 62.8 Å². The molecule has 0 radical (unpaired) electrons. The topological polar surface area (TPSA) is 65.5 Å². The number of alkyl halides is 6. The Bertz CT molecular complexity index is 1020. The molecule has 4 rings (SSSR count). The van der Waals surface area contributed by atoms with Crippen LogP contribution in [0.5, 0.6) is 0 Å². The van der Waals surface area contributed by atoms with E-state index in [-0.39, 0.29) is 24.4 Å². The predicted octanol–water partition coefficient (Wildman–Crippen LogP) is 4.32. The van der Waals surface area contributed by atoms with E-state index in [1.807, 2.05) is 13.8 Å². The lowest BCUT2D eigenvalue weighted by Crippen LogP contribution is -2.51. The number of hydrogen-bond acceptors (Lipinski definition) is 4. The zero-order valence-corrected chi connectivity index (χ0v) is 20.9. The number of nitrogens with zero attached hydrogens (tertiary/aromatic N) is 3. The number of halogens is 6. The van der Waals surface area contributed by atoms with Crippen molar-refractivity contribution < 1.29 is 35.9 Å². The lowest BCUT2D eigenvalue weighted by molar-refractivity contribution is -0.174. The molecule has 0 aromatic carbocycles. The number of carbonyl (C=O) groups excluding carboxylic acids is 2. The van der Waals surface area contributed by atoms with Crippen molar-refractivity contribution in [1.29, 1.82) is 0 Å². The summed E-state index contributed by atoms with van der Waals surface area (Å²) in [5.41, 5.74) is -0.473. The average Bonchev–Trinajstić information content (AvgIpc) is 3.29. The monoisotopic (exact) mass is 534 g/mol. The minimum absolute atomic E-state index is 0.00893. The first-order valence-electron chi connectivity index (χ1n) is 12.7. The van der Waals surface area contributed by atoms with Crippen LogP contribution in [0.15, 0.2) is 12.3 Å². The summed E-state index contributed by atoms with van der Waals surface area (Å²) >= 11 is 0. The maximum Gasteiger partial charge on any atom is 0.471 e. The number of piperidine rings is 1. The SMILES string of the molecule is CC(C)[C@]1(C(=O)N2CCc3ncc(C(F)(F)F)cc3C2)CC[C@@H](N2CCC(NC(=O)C(F)(F)F)CC2)C1. The van der Waals surface area contributed by atoms with E-state index in [4.69, 9.17) is 0 Å². The van der Waals surface area contributed by atoms with Crippen molar-refractivity contribution in [1.82, 2.24) is 20.1 Å². The molecular weight excluding hydrogens is 502 g/mol. The molecule has 1 N–H and O–H groups in total. The Labute approximate surface area is 211 Å². The number of aromatic nitrogens is 1. The number of pyridine rings is 1. The first-order valence-corrected chi connectivity index (χ1v) is 12.7. The largest absolute Gasteiger partial charge is 0.471 e. The van der Waals surface area contributed by atoms with Gasteiger partial charge in [-0.1, -0.05) is 13.8 Å². The van der Waals surface area contributed by atoms with Gasteiger partial charge in [-0.3, -0.25) is 14.6 Å². The van der Waals surface area contributed by atoms with E-state index in [1.54, 1.807) is 4.90 Å². The van der Waals surface area contributed by atoms with Gasteiger partial charge in [0.15, 0.2) is 0 Å². The smallest absolute Gasteiger partial charge is 0.345 e. The summed E-state index contributed by atoms with van der Waals surface area (Å²) < 4.78 is 77.2. The molecule has 2 aliphatic heterocycles. The molecule has 0 unspecified atom stereocenters. The van der Waals surface area contributed by atoms with Crippen LogP contribution in [-0.2, 0) is 28.7 Å². The molecule has 1 saturated heterocycles. The number of carbonyl (C=O) groups is 2. The van der Waals surface area contributed by atoms with Gasteiger partial charge in [-0.15, -0.1) is 0 Å². The lowest BCUT2D eigenvalue weighted by atomic mass is 9.73. The number of likely N-dealkylation sites (tertiary alicyclic amines) is 1. The van der Waals surface area contributed by atoms with Crippen molar-refractivity contribution in [2.75, 3.05) is 19.6 Å². The summed E-state index contributed by atoms with van der Waals surface area (Å²) in [5.74, 6) is -1.97. The zero-order valence-electron chi connectivity index (χ0n) is 20.9. The Morgan fingerprint density at radius 1 is 1.08 bits per heavy atom. The average molecular weight is 535 g/mol. The van der Waals surface area contributed by atoms with Crippen molar-refractivity contribution in [2.24, 2.45) is 11.3 Å². The number of fused-ring (bicyclic) bond motifs is 1. The van der Waals surface area contributed by atoms with Crippen LogP contribution in [0.2, 0.25) is 0 Å². The van der Waals surface area contributed by atoms with E-state index >= 15 is 0 Å². The predicted molar refractivity (Wildman–Crippen MR) is 122 cm³/mol. The molecule has 0 bridgehead atoms. The molecule has 12 heteroatoms. The van der Waals surface area contributed by atoms with E-state index in [0.29, 0.717) is 63.0 Å². The van der Waals surface area contributed by atoms with E-state index < -0.39 is 35.3 Å². The first kappa shape index (κ1) is 27.7. The summed E-state index contributed by atoms with van der Waals surface area (Å²) in [6, 6.07) is 0.635. The second-order valence-corrected chi connectivity index (χ2v) is 10.8. The molecule has 6 nitrogen and oxygen atoms in total. The lowest BCUT2D eigenvalue weighted by Gasteiger charge is -2.41. The number of nitrogens with one attached hydrogen (secondary N) is 1. The third kappa shape index (κ3) is 5.73. The Balaban J connectivity index is 1.41. The highest BCUT2D eigenvalue weighted by Crippen LogP contribution is 2.48. The molecule has 1 aliphatic carbocycles. The van der Waals surface area contributed by atoms with Gasteiger partial charge in [0.2, 0.25) is 5.91 Å². The number of rotatable bonds is 4. The molecule has 0 spiro atoms. The molecule has 1 saturated carbocycles. The van der Waals surface area contributed by atoms with Gasteiger partial charge in [-0.2, -0.15) is 26.3 Å². The highest BCUT2D eigenvalue weighted by Gasteiger charge is 2.51. The van der Waals surface area contributed by atoms with Gasteiger partial charge in [0.25, 0.3) is 0 Å². The minimum Gasteiger partial charge on any atom is -0.345 e. The van der Waals surface area contributed by atoms with Crippen molar-refractivity contribution in [3.63, 3.8) is 0 Å². The molecule has 2 atom stereocenters. The highest BCUT2D eigenvalue weighted by molar-refractivity contribution is 5.84. The van der Waals surface area contributed by atoms with Gasteiger partial charge < -0.3 is 15.1 Å². The Hall–Kier alpha value is -2.37. The fourth-order valence-electron chi connectivity index (χ4n) is 6.07. The fraction of sp³-hybridized carbons (Fsp3) is 0.720. The standard InChI is InChI=1S/C25H32F6N4O2/c1-15(2)23(22(37)35-10-6-20-16(14-35)11-17(13-32-20)24(26,27)28)7-3-19(12-23)34-8-4-18(5-9-34)33-21(36)25(29,30)31/h11,13,15,18-19H,3-10,12,14H2,1-2H3,(H,33,36)/t19-,23+/m1/s1. The third-order valence-electron chi connectivity index (χ3n) is 8.35. The Morgan fingerprint density at radius 3 is 2.35 bits per heavy atom. The van der Waals surface area contributed by atoms with Crippen LogP contribution in [0.4, 0.5) is 26.3 Å². The minimum atomic E-state index is -4.90. The maximum atomic E-state index is 13.9. The van der Waals surface area contributed by atoms with Gasteiger partial charge in [0.1, 0.15) is 0 Å². The molecule has 1 aromatic heterocycles. The van der Waals surface area contributed by atoms with Gasteiger partial charge >= 0.3 is 18.3 Å². The van der Waals surface area contributed by atoms with Gasteiger partial charge in [-0.05, 0) is 49.7 Å². The summed E-state index contributed by atoms with van der Waals surface area (Å²) in [4.78, 5) is 32.9. The first-order chi connectivity index (χ1) is 17.2. The van der Waals surface area contributed by atoms with Crippen molar-refractivity contribution in [3.8, 4) is 0 Å². The van der Waals surface area contributed by atoms with Crippen LogP contribution < -0.4 is 5.32 Å². The second-order valence-electron chi connectivity index (χ2n) is 10.8. The van der Waals surface area contributed by atoms with Crippen LogP contribution >= 0.6 is 0 Å². The van der Waals surface area contributed by atoms with E-state index in [1.165, 1.54) is 0 Å². The third-order valence-corrected chi connectivity index (χ3v) is 8.35. The zero-order chi connectivity index (χ0) is 27.2. The number of hydrogen-bond donors (Lipinski definition) is 1. The van der Waals surface area contributed by atoms with Crippen molar-refractivity contribution in [2.45, 2.75) is 83.4 Å². The maximum absolute atomic E-state index is 13.9. The summed E-state index contributed by atoms with van der Waals surface area (Å²) in [5, 5.41) is 2.06. The van der Waals surface area contributed by atoms with Gasteiger partial charge in [-0.25, -0.2) is 0 Å². The Kier molecular flexibility index (Phi) is 7.53. The molecule has 37 heavy (non-hydrogen) atoms. The van der Waals surface area contributed by atoms with E-state index in [9.17, 15) is 35.9 Å². The van der Waals surface area contributed by atoms with E-state index in [2.05, 4.69) is 15.2 Å². The molecule has 3 heterocycles. The molecule has 2 fully saturated rings. The molecule has 3 aliphatic rings. The Morgan fingerprint density at radius 2 is 1.76 bits per heavy atom. The summed E-state index contributed by atoms with van der Waals surface area (Å²) in [6.07, 6.45) is -5.38. The van der Waals surface area contributed by atoms with E-state index in [0.717, 1.165) is 18.7 Å². The van der Waals surface area contributed by atoms with Crippen LogP contribution in [-0.4, -0.2) is 64.5 Å². The molecular formula is C25H32F6N4O2. The summed E-state index contributed by atoms with van der Waals surface area (Å²) in [6.45, 7) is 5.51. The molecule has 1 aromatic rings. The quantitative estimate of drug-likeness (QED) is 0.585. The fourth-order valence-corrected chi connectivity index (χ4v) is 6.07. The van der Waals surface area contributed by atoms with Crippen molar-refractivity contribution in [3.05, 3.63) is 29.1 Å². The van der Waals surface area contributed by atoms with Crippen molar-refractivity contribution >= 4 is 11.8 Å².